The van der Waals surface area contributed by atoms with Crippen LogP contribution >= 0.6 is 11.3 Å². The Labute approximate surface area is 297 Å². The quantitative estimate of drug-likeness (QED) is 0.187. The van der Waals surface area contributed by atoms with Gasteiger partial charge in [0.25, 0.3) is 0 Å². The van der Waals surface area contributed by atoms with Crippen LogP contribution < -0.4 is 0 Å². The first kappa shape index (κ1) is 28.3. The molecular weight excluding hydrogens is 641 g/mol. The van der Waals surface area contributed by atoms with E-state index >= 15 is 0 Å². The maximum atomic E-state index is 4.89. The van der Waals surface area contributed by atoms with Gasteiger partial charge in [0.2, 0.25) is 0 Å². The van der Waals surface area contributed by atoms with E-state index in [2.05, 4.69) is 166 Å². The summed E-state index contributed by atoms with van der Waals surface area (Å²) in [4.78, 5) is 9.39. The lowest BCUT2D eigenvalue weighted by atomic mass is 10.0. The van der Waals surface area contributed by atoms with Crippen LogP contribution in [-0.2, 0) is 0 Å². The molecule has 0 aliphatic rings. The highest BCUT2D eigenvalue weighted by molar-refractivity contribution is 7.26. The number of pyridine rings is 2. The third kappa shape index (κ3) is 4.25. The van der Waals surface area contributed by atoms with Crippen molar-refractivity contribution in [2.45, 2.75) is 0 Å². The van der Waals surface area contributed by atoms with Crippen molar-refractivity contribution < 1.29 is 0 Å². The zero-order chi connectivity index (χ0) is 33.5. The summed E-state index contributed by atoms with van der Waals surface area (Å²) in [5.41, 5.74) is 11.4. The second-order valence-corrected chi connectivity index (χ2v) is 14.1. The Morgan fingerprint density at radius 2 is 1.04 bits per heavy atom. The van der Waals surface area contributed by atoms with Crippen molar-refractivity contribution in [1.82, 2.24) is 19.1 Å². The number of nitrogens with zero attached hydrogens (tertiary/aromatic N) is 4. The van der Waals surface area contributed by atoms with E-state index in [9.17, 15) is 0 Å². The maximum absolute atomic E-state index is 4.89. The smallest absolute Gasteiger partial charge is 0.0880 e. The molecule has 4 nitrogen and oxygen atoms in total. The van der Waals surface area contributed by atoms with Crippen molar-refractivity contribution in [2.24, 2.45) is 0 Å². The van der Waals surface area contributed by atoms with Gasteiger partial charge in [0, 0.05) is 66.3 Å². The average molecular weight is 669 g/mol. The summed E-state index contributed by atoms with van der Waals surface area (Å²) in [6.07, 6.45) is 5.79. The second-order valence-electron chi connectivity index (χ2n) is 13.1. The predicted molar refractivity (Wildman–Crippen MR) is 214 cm³/mol. The molecule has 0 aliphatic carbocycles. The number of thiophene rings is 1. The Hall–Kier alpha value is -6.56. The van der Waals surface area contributed by atoms with Gasteiger partial charge in [-0.15, -0.1) is 11.3 Å². The van der Waals surface area contributed by atoms with E-state index in [-0.39, 0.29) is 0 Å². The molecule has 0 saturated carbocycles. The lowest BCUT2D eigenvalue weighted by Crippen LogP contribution is -1.96. The fourth-order valence-corrected chi connectivity index (χ4v) is 9.21. The zero-order valence-corrected chi connectivity index (χ0v) is 28.2. The fraction of sp³-hybridized carbons (Fsp3) is 0. The highest BCUT2D eigenvalue weighted by atomic mass is 32.1. The largest absolute Gasteiger partial charge is 0.309 e. The van der Waals surface area contributed by atoms with Gasteiger partial charge in [-0.25, -0.2) is 0 Å². The van der Waals surface area contributed by atoms with E-state index in [0.29, 0.717) is 0 Å². The van der Waals surface area contributed by atoms with Crippen LogP contribution in [0.15, 0.2) is 170 Å². The van der Waals surface area contributed by atoms with Crippen LogP contribution in [0.2, 0.25) is 0 Å². The van der Waals surface area contributed by atoms with E-state index in [4.69, 9.17) is 4.98 Å². The maximum Gasteiger partial charge on any atom is 0.0880 e. The van der Waals surface area contributed by atoms with Gasteiger partial charge in [-0.2, -0.15) is 0 Å². The molecular formula is C46H28N4S. The van der Waals surface area contributed by atoms with Crippen LogP contribution in [0.4, 0.5) is 0 Å². The Balaban J connectivity index is 1.06. The highest BCUT2D eigenvalue weighted by Crippen LogP contribution is 2.40. The van der Waals surface area contributed by atoms with Crippen molar-refractivity contribution in [2.75, 3.05) is 0 Å². The zero-order valence-electron chi connectivity index (χ0n) is 27.4. The number of fused-ring (bicyclic) bond motifs is 9. The molecule has 0 bridgehead atoms. The molecule has 0 aliphatic heterocycles. The lowest BCUT2D eigenvalue weighted by molar-refractivity contribution is 1.16. The van der Waals surface area contributed by atoms with E-state index in [1.54, 1.807) is 0 Å². The van der Waals surface area contributed by atoms with Crippen LogP contribution in [0.5, 0.6) is 0 Å². The van der Waals surface area contributed by atoms with Crippen LogP contribution in [0.1, 0.15) is 0 Å². The minimum Gasteiger partial charge on any atom is -0.309 e. The van der Waals surface area contributed by atoms with E-state index in [1.165, 1.54) is 58.3 Å². The number of rotatable bonds is 4. The van der Waals surface area contributed by atoms with Crippen molar-refractivity contribution in [1.29, 1.82) is 0 Å². The van der Waals surface area contributed by atoms with Crippen molar-refractivity contribution in [3.05, 3.63) is 170 Å². The summed E-state index contributed by atoms with van der Waals surface area (Å²) in [5.74, 6) is 0. The van der Waals surface area contributed by atoms with Gasteiger partial charge < -0.3 is 9.13 Å². The molecule has 0 N–H and O–H groups in total. The third-order valence-electron chi connectivity index (χ3n) is 10.3. The standard InChI is InChI=1S/C46H28N4S/c1-4-16-40-34(13-1)36-21-23-47-28-43(36)50(40)33-19-20-42-39(27-33)35-14-2-5-17-41(35)49(42)32-12-8-10-30(26-32)29-9-7-11-31(25-29)45-46-38(22-24-48-45)37-15-3-6-18-44(37)51-46/h1-28H. The summed E-state index contributed by atoms with van der Waals surface area (Å²) in [6.45, 7) is 0. The molecule has 5 heterocycles. The van der Waals surface area contributed by atoms with Crippen molar-refractivity contribution >= 4 is 75.1 Å². The first-order valence-electron chi connectivity index (χ1n) is 17.1. The minimum absolute atomic E-state index is 1.03. The number of para-hydroxylation sites is 2. The van der Waals surface area contributed by atoms with Gasteiger partial charge in [0.05, 0.1) is 38.7 Å². The van der Waals surface area contributed by atoms with E-state index in [1.807, 2.05) is 29.9 Å². The first-order valence-corrected chi connectivity index (χ1v) is 18.0. The summed E-state index contributed by atoms with van der Waals surface area (Å²) in [5, 5.41) is 7.43. The third-order valence-corrected chi connectivity index (χ3v) is 11.5. The topological polar surface area (TPSA) is 35.6 Å². The van der Waals surface area contributed by atoms with Crippen LogP contribution in [0.25, 0.3) is 97.5 Å². The summed E-state index contributed by atoms with van der Waals surface area (Å²) >= 11 is 1.82. The summed E-state index contributed by atoms with van der Waals surface area (Å²) in [6, 6.07) is 54.8. The van der Waals surface area contributed by atoms with Crippen LogP contribution in [0.3, 0.4) is 0 Å². The minimum atomic E-state index is 1.03. The molecule has 5 aromatic heterocycles. The molecule has 11 aromatic rings. The molecule has 11 rings (SSSR count). The molecule has 0 spiro atoms. The van der Waals surface area contributed by atoms with Crippen molar-refractivity contribution in [3.63, 3.8) is 0 Å². The Kier molecular flexibility index (Phi) is 6.09. The molecule has 0 amide bonds. The van der Waals surface area contributed by atoms with Gasteiger partial charge in [-0.05, 0) is 77.9 Å². The Bertz CT molecular complexity index is 3110. The molecule has 0 atom stereocenters. The number of hydrogen-bond acceptors (Lipinski definition) is 3. The lowest BCUT2D eigenvalue weighted by Gasteiger charge is -2.12. The molecule has 238 valence electrons. The van der Waals surface area contributed by atoms with Gasteiger partial charge >= 0.3 is 0 Å². The molecule has 51 heavy (non-hydrogen) atoms. The molecule has 5 heteroatoms. The van der Waals surface area contributed by atoms with Gasteiger partial charge in [0.15, 0.2) is 0 Å². The molecule has 0 saturated heterocycles. The van der Waals surface area contributed by atoms with E-state index in [0.717, 1.165) is 39.3 Å². The van der Waals surface area contributed by atoms with Gasteiger partial charge in [0.1, 0.15) is 0 Å². The highest BCUT2D eigenvalue weighted by Gasteiger charge is 2.17. The monoisotopic (exact) mass is 668 g/mol. The number of benzene rings is 6. The number of hydrogen-bond donors (Lipinski definition) is 0. The average Bonchev–Trinajstić information content (AvgIpc) is 3.86. The van der Waals surface area contributed by atoms with Crippen LogP contribution in [0, 0.1) is 0 Å². The first-order chi connectivity index (χ1) is 25.3. The van der Waals surface area contributed by atoms with Gasteiger partial charge in [-0.1, -0.05) is 84.9 Å². The summed E-state index contributed by atoms with van der Waals surface area (Å²) < 4.78 is 7.25. The summed E-state index contributed by atoms with van der Waals surface area (Å²) in [7, 11) is 0. The molecule has 0 radical (unpaired) electrons. The van der Waals surface area contributed by atoms with Gasteiger partial charge in [-0.3, -0.25) is 9.97 Å². The molecule has 0 unspecified atom stereocenters. The SMILES string of the molecule is c1cc(-c2cccc(-n3c4ccccc4c4cc(-n5c6ccccc6c6ccncc65)ccc43)c2)cc(-c2nccc3c2sc2ccccc23)c1. The fourth-order valence-electron chi connectivity index (χ4n) is 8.00. The van der Waals surface area contributed by atoms with E-state index < -0.39 is 0 Å². The normalized spacial score (nSPS) is 11.9. The Morgan fingerprint density at radius 3 is 1.90 bits per heavy atom. The Morgan fingerprint density at radius 1 is 0.412 bits per heavy atom. The number of aromatic nitrogens is 4. The van der Waals surface area contributed by atoms with Crippen LogP contribution in [-0.4, -0.2) is 19.1 Å². The molecule has 6 aromatic carbocycles. The second kappa shape index (κ2) is 11.0. The predicted octanol–water partition coefficient (Wildman–Crippen LogP) is 12.4. The van der Waals surface area contributed by atoms with Crippen molar-refractivity contribution in [3.8, 4) is 33.8 Å². The molecule has 0 fully saturated rings.